The number of aryl methyl sites for hydroxylation is 1. The van der Waals surface area contributed by atoms with Gasteiger partial charge in [-0.25, -0.2) is 0 Å². The molecule has 0 saturated carbocycles. The summed E-state index contributed by atoms with van der Waals surface area (Å²) in [6.07, 6.45) is 6.85. The minimum atomic E-state index is 1.17. The Labute approximate surface area is 74.9 Å². The lowest BCUT2D eigenvalue weighted by Gasteiger charge is -1.97. The zero-order valence-corrected chi connectivity index (χ0v) is 7.88. The van der Waals surface area contributed by atoms with Gasteiger partial charge in [0.25, 0.3) is 0 Å². The van der Waals surface area contributed by atoms with Crippen LogP contribution in [0.3, 0.4) is 0 Å². The Morgan fingerprint density at radius 3 is 2.67 bits per heavy atom. The molecule has 0 aliphatic carbocycles. The van der Waals surface area contributed by atoms with E-state index >= 15 is 0 Å². The molecule has 0 aromatic heterocycles. The van der Waals surface area contributed by atoms with Gasteiger partial charge in [0.05, 0.1) is 0 Å². The zero-order valence-electron chi connectivity index (χ0n) is 7.88. The highest BCUT2D eigenvalue weighted by atomic mass is 13.9. The molecule has 0 heteroatoms. The molecule has 1 aromatic carbocycles. The van der Waals surface area contributed by atoms with Gasteiger partial charge in [-0.05, 0) is 24.5 Å². The minimum absolute atomic E-state index is 1.17. The summed E-state index contributed by atoms with van der Waals surface area (Å²) >= 11 is 0. The van der Waals surface area contributed by atoms with Gasteiger partial charge in [0.15, 0.2) is 0 Å². The summed E-state index contributed by atoms with van der Waals surface area (Å²) in [6.45, 7) is 4.34. The molecule has 1 aromatic rings. The third-order valence-corrected chi connectivity index (χ3v) is 1.94. The molecule has 0 atom stereocenters. The predicted molar refractivity (Wildman–Crippen MR) is 55.1 cm³/mol. The van der Waals surface area contributed by atoms with Crippen LogP contribution in [0.25, 0.3) is 6.08 Å². The van der Waals surface area contributed by atoms with Gasteiger partial charge in [-0.3, -0.25) is 0 Å². The molecule has 0 aliphatic rings. The number of hydrogen-bond donors (Lipinski definition) is 0. The first kappa shape index (κ1) is 9.05. The number of unbranched alkanes of at least 4 members (excludes halogenated alkanes) is 1. The van der Waals surface area contributed by atoms with E-state index in [2.05, 4.69) is 50.3 Å². The van der Waals surface area contributed by atoms with Crippen LogP contribution in [0.5, 0.6) is 0 Å². The SMILES string of the molecule is CCC/C=C\c1ccccc1C. The Hall–Kier alpha value is -1.04. The summed E-state index contributed by atoms with van der Waals surface area (Å²) in [5.74, 6) is 0. The van der Waals surface area contributed by atoms with Crippen molar-refractivity contribution in [3.05, 3.63) is 41.5 Å². The van der Waals surface area contributed by atoms with E-state index in [1.165, 1.54) is 24.0 Å². The largest absolute Gasteiger partial charge is 0.0839 e. The van der Waals surface area contributed by atoms with Crippen molar-refractivity contribution in [3.63, 3.8) is 0 Å². The van der Waals surface area contributed by atoms with Gasteiger partial charge in [-0.2, -0.15) is 0 Å². The van der Waals surface area contributed by atoms with Crippen LogP contribution in [0.2, 0.25) is 0 Å². The van der Waals surface area contributed by atoms with E-state index in [1.54, 1.807) is 0 Å². The summed E-state index contributed by atoms with van der Waals surface area (Å²) < 4.78 is 0. The number of allylic oxidation sites excluding steroid dienone is 1. The van der Waals surface area contributed by atoms with Gasteiger partial charge in [0, 0.05) is 0 Å². The molecule has 0 saturated heterocycles. The second-order valence-electron chi connectivity index (χ2n) is 3.05. The van der Waals surface area contributed by atoms with E-state index in [9.17, 15) is 0 Å². The van der Waals surface area contributed by atoms with E-state index in [4.69, 9.17) is 0 Å². The standard InChI is InChI=1S/C12H16/c1-3-4-5-9-12-10-7-6-8-11(12)2/h5-10H,3-4H2,1-2H3/b9-5-. The number of rotatable bonds is 3. The molecule has 0 heterocycles. The lowest BCUT2D eigenvalue weighted by Crippen LogP contribution is -1.77. The van der Waals surface area contributed by atoms with E-state index < -0.39 is 0 Å². The van der Waals surface area contributed by atoms with Crippen LogP contribution in [0, 0.1) is 6.92 Å². The quantitative estimate of drug-likeness (QED) is 0.630. The smallest absolute Gasteiger partial charge is 0.0231 e. The van der Waals surface area contributed by atoms with Crippen LogP contribution in [-0.2, 0) is 0 Å². The monoisotopic (exact) mass is 160 g/mol. The second-order valence-corrected chi connectivity index (χ2v) is 3.05. The minimum Gasteiger partial charge on any atom is -0.0839 e. The highest BCUT2D eigenvalue weighted by Gasteiger charge is 1.89. The van der Waals surface area contributed by atoms with Gasteiger partial charge in [0.2, 0.25) is 0 Å². The van der Waals surface area contributed by atoms with Crippen molar-refractivity contribution in [2.75, 3.05) is 0 Å². The van der Waals surface area contributed by atoms with Crippen LogP contribution < -0.4 is 0 Å². The first-order valence-corrected chi connectivity index (χ1v) is 4.56. The molecule has 0 nitrogen and oxygen atoms in total. The number of benzene rings is 1. The van der Waals surface area contributed by atoms with Crippen molar-refractivity contribution >= 4 is 6.08 Å². The molecule has 0 bridgehead atoms. The Kier molecular flexibility index (Phi) is 3.59. The van der Waals surface area contributed by atoms with Gasteiger partial charge in [-0.1, -0.05) is 49.8 Å². The first-order valence-electron chi connectivity index (χ1n) is 4.56. The molecule has 0 unspecified atom stereocenters. The molecule has 0 spiro atoms. The average Bonchev–Trinajstić information content (AvgIpc) is 2.09. The van der Waals surface area contributed by atoms with Crippen molar-refractivity contribution in [3.8, 4) is 0 Å². The van der Waals surface area contributed by atoms with Crippen molar-refractivity contribution in [1.82, 2.24) is 0 Å². The second kappa shape index (κ2) is 4.76. The van der Waals surface area contributed by atoms with Crippen molar-refractivity contribution in [2.24, 2.45) is 0 Å². The van der Waals surface area contributed by atoms with Gasteiger partial charge in [-0.15, -0.1) is 0 Å². The molecule has 0 fully saturated rings. The fraction of sp³-hybridized carbons (Fsp3) is 0.333. The summed E-state index contributed by atoms with van der Waals surface area (Å²) in [6, 6.07) is 8.46. The average molecular weight is 160 g/mol. The predicted octanol–water partition coefficient (Wildman–Crippen LogP) is 3.81. The van der Waals surface area contributed by atoms with Gasteiger partial charge >= 0.3 is 0 Å². The van der Waals surface area contributed by atoms with E-state index in [0.717, 1.165) is 0 Å². The van der Waals surface area contributed by atoms with Gasteiger partial charge < -0.3 is 0 Å². The van der Waals surface area contributed by atoms with Crippen molar-refractivity contribution < 1.29 is 0 Å². The molecule has 64 valence electrons. The summed E-state index contributed by atoms with van der Waals surface area (Å²) in [5, 5.41) is 0. The van der Waals surface area contributed by atoms with Crippen LogP contribution in [0.1, 0.15) is 30.9 Å². The molecule has 12 heavy (non-hydrogen) atoms. The zero-order chi connectivity index (χ0) is 8.81. The lowest BCUT2D eigenvalue weighted by atomic mass is 10.1. The first-order chi connectivity index (χ1) is 5.84. The molecular weight excluding hydrogens is 144 g/mol. The van der Waals surface area contributed by atoms with Crippen molar-refractivity contribution in [1.29, 1.82) is 0 Å². The van der Waals surface area contributed by atoms with E-state index in [1.807, 2.05) is 0 Å². The lowest BCUT2D eigenvalue weighted by molar-refractivity contribution is 0.962. The highest BCUT2D eigenvalue weighted by molar-refractivity contribution is 5.53. The van der Waals surface area contributed by atoms with Crippen molar-refractivity contribution in [2.45, 2.75) is 26.7 Å². The molecule has 0 N–H and O–H groups in total. The molecule has 0 amide bonds. The third-order valence-electron chi connectivity index (χ3n) is 1.94. The number of hydrogen-bond acceptors (Lipinski definition) is 0. The summed E-state index contributed by atoms with van der Waals surface area (Å²) in [5.41, 5.74) is 2.69. The summed E-state index contributed by atoms with van der Waals surface area (Å²) in [7, 11) is 0. The maximum atomic E-state index is 2.24. The molecular formula is C12H16. The maximum Gasteiger partial charge on any atom is -0.0231 e. The maximum absolute atomic E-state index is 2.24. The fourth-order valence-electron chi connectivity index (χ4n) is 1.15. The van der Waals surface area contributed by atoms with E-state index in [-0.39, 0.29) is 0 Å². The topological polar surface area (TPSA) is 0 Å². The van der Waals surface area contributed by atoms with Crippen LogP contribution in [0.4, 0.5) is 0 Å². The molecule has 0 aliphatic heterocycles. The van der Waals surface area contributed by atoms with E-state index in [0.29, 0.717) is 0 Å². The Balaban J connectivity index is 2.68. The van der Waals surface area contributed by atoms with Crippen LogP contribution in [0.15, 0.2) is 30.3 Å². The Morgan fingerprint density at radius 1 is 1.25 bits per heavy atom. The molecule has 0 radical (unpaired) electrons. The van der Waals surface area contributed by atoms with Crippen LogP contribution in [-0.4, -0.2) is 0 Å². The Morgan fingerprint density at radius 2 is 2.00 bits per heavy atom. The Bertz CT molecular complexity index is 258. The molecule has 1 rings (SSSR count). The fourth-order valence-corrected chi connectivity index (χ4v) is 1.15. The summed E-state index contributed by atoms with van der Waals surface area (Å²) in [4.78, 5) is 0. The van der Waals surface area contributed by atoms with Crippen LogP contribution >= 0.6 is 0 Å². The highest BCUT2D eigenvalue weighted by Crippen LogP contribution is 2.09. The third kappa shape index (κ3) is 2.54. The normalized spacial score (nSPS) is 10.8. The van der Waals surface area contributed by atoms with Gasteiger partial charge in [0.1, 0.15) is 0 Å².